The summed E-state index contributed by atoms with van der Waals surface area (Å²) in [7, 11) is -0.409. The van der Waals surface area contributed by atoms with Gasteiger partial charge in [0.15, 0.2) is 0 Å². The molecule has 0 aliphatic rings. The molecular formula is C14H22BF4N3O2. The molecule has 1 unspecified atom stereocenters. The molecule has 0 spiro atoms. The zero-order valence-electron chi connectivity index (χ0n) is 14.0. The van der Waals surface area contributed by atoms with Crippen LogP contribution < -0.4 is 10.6 Å². The average Bonchev–Trinajstić information content (AvgIpc) is 2.40. The number of halogens is 4. The van der Waals surface area contributed by atoms with Crippen LogP contribution in [0.15, 0.2) is 30.3 Å². The molecule has 10 heteroatoms. The average molecular weight is 351 g/mol. The van der Waals surface area contributed by atoms with E-state index in [0.29, 0.717) is 11.0 Å². The summed E-state index contributed by atoms with van der Waals surface area (Å²) in [6.07, 6.45) is -0.596. The Balaban J connectivity index is 0.000000922. The highest BCUT2D eigenvalue weighted by Crippen LogP contribution is 2.06. The first-order valence-corrected chi connectivity index (χ1v) is 7.08. The standard InChI is InChI=1S/C14H21N3O2.BF4/c1-11(18)16-13(17(2,3)4)14(19)15-10-12-8-6-5-7-9-12;2-1(3,4)5/h5-9,13H,10H2,1-4H3,(H-,15,16,18,19);/q;-1/p+1. The summed E-state index contributed by atoms with van der Waals surface area (Å²) in [4.78, 5) is 23.3. The molecule has 0 aromatic heterocycles. The number of benzene rings is 1. The molecule has 0 bridgehead atoms. The molecule has 2 N–H and O–H groups in total. The van der Waals surface area contributed by atoms with Crippen molar-refractivity contribution in [2.24, 2.45) is 0 Å². The van der Waals surface area contributed by atoms with Gasteiger partial charge in [-0.2, -0.15) is 0 Å². The van der Waals surface area contributed by atoms with E-state index in [4.69, 9.17) is 0 Å². The molecule has 0 aliphatic carbocycles. The van der Waals surface area contributed by atoms with Crippen LogP contribution in [-0.4, -0.2) is 50.9 Å². The molecule has 1 rings (SSSR count). The zero-order chi connectivity index (χ0) is 19.0. The highest BCUT2D eigenvalue weighted by Gasteiger charge is 2.31. The van der Waals surface area contributed by atoms with E-state index >= 15 is 0 Å². The Morgan fingerprint density at radius 2 is 1.54 bits per heavy atom. The van der Waals surface area contributed by atoms with Gasteiger partial charge in [0.05, 0.1) is 21.1 Å². The number of rotatable bonds is 5. The minimum atomic E-state index is -6.00. The minimum Gasteiger partial charge on any atom is -0.418 e. The minimum absolute atomic E-state index is 0.188. The van der Waals surface area contributed by atoms with E-state index in [1.807, 2.05) is 51.5 Å². The van der Waals surface area contributed by atoms with Crippen molar-refractivity contribution in [3.63, 3.8) is 0 Å². The SMILES string of the molecule is CC(=O)NC(C(=O)NCc1ccccc1)[N+](C)(C)C.F[B-](F)(F)F. The van der Waals surface area contributed by atoms with E-state index in [1.54, 1.807) is 0 Å². The lowest BCUT2D eigenvalue weighted by Crippen LogP contribution is -2.61. The number of nitrogens with one attached hydrogen (secondary N) is 2. The summed E-state index contributed by atoms with van der Waals surface area (Å²) < 4.78 is 39.3. The van der Waals surface area contributed by atoms with E-state index in [0.717, 1.165) is 5.56 Å². The first-order valence-electron chi connectivity index (χ1n) is 7.08. The highest BCUT2D eigenvalue weighted by atomic mass is 19.5. The maximum atomic E-state index is 12.2. The molecule has 0 heterocycles. The first-order chi connectivity index (χ1) is 10.8. The van der Waals surface area contributed by atoms with Gasteiger partial charge in [-0.1, -0.05) is 30.3 Å². The van der Waals surface area contributed by atoms with Crippen molar-refractivity contribution in [3.8, 4) is 0 Å². The van der Waals surface area contributed by atoms with Crippen LogP contribution in [0.25, 0.3) is 0 Å². The molecule has 24 heavy (non-hydrogen) atoms. The first kappa shape index (κ1) is 21.9. The van der Waals surface area contributed by atoms with Gasteiger partial charge < -0.3 is 27.1 Å². The second kappa shape index (κ2) is 9.26. The number of hydrogen-bond acceptors (Lipinski definition) is 2. The molecule has 2 amide bonds. The number of carbonyl (C=O) groups is 2. The number of quaternary nitrogens is 1. The van der Waals surface area contributed by atoms with Crippen LogP contribution >= 0.6 is 0 Å². The van der Waals surface area contributed by atoms with Gasteiger partial charge in [-0.25, -0.2) is 0 Å². The number of hydrogen-bond donors (Lipinski definition) is 2. The molecule has 1 aromatic rings. The Morgan fingerprint density at radius 1 is 1.08 bits per heavy atom. The predicted molar refractivity (Wildman–Crippen MR) is 84.1 cm³/mol. The lowest BCUT2D eigenvalue weighted by Gasteiger charge is -2.32. The van der Waals surface area contributed by atoms with E-state index in [2.05, 4.69) is 10.6 Å². The highest BCUT2D eigenvalue weighted by molar-refractivity contribution is 6.50. The predicted octanol–water partition coefficient (Wildman–Crippen LogP) is 1.77. The molecular weight excluding hydrogens is 329 g/mol. The number of amides is 2. The molecule has 0 saturated carbocycles. The van der Waals surface area contributed by atoms with Gasteiger partial charge in [0.25, 0.3) is 0 Å². The Kier molecular flexibility index (Phi) is 8.45. The molecule has 1 atom stereocenters. The Labute approximate surface area is 138 Å². The molecule has 1 aromatic carbocycles. The monoisotopic (exact) mass is 351 g/mol. The lowest BCUT2D eigenvalue weighted by atomic mass is 10.2. The second-order valence-corrected chi connectivity index (χ2v) is 5.92. The fraction of sp³-hybridized carbons (Fsp3) is 0.429. The summed E-state index contributed by atoms with van der Waals surface area (Å²) in [5, 5.41) is 5.52. The summed E-state index contributed by atoms with van der Waals surface area (Å²) >= 11 is 0. The van der Waals surface area contributed by atoms with Crippen molar-refractivity contribution in [3.05, 3.63) is 35.9 Å². The third-order valence-corrected chi connectivity index (χ3v) is 2.67. The van der Waals surface area contributed by atoms with Crippen LogP contribution in [-0.2, 0) is 16.1 Å². The summed E-state index contributed by atoms with van der Waals surface area (Å²) in [5.41, 5.74) is 1.03. The summed E-state index contributed by atoms with van der Waals surface area (Å²) in [6, 6.07) is 9.66. The van der Waals surface area contributed by atoms with Crippen molar-refractivity contribution in [1.29, 1.82) is 0 Å². The van der Waals surface area contributed by atoms with E-state index in [-0.39, 0.29) is 11.8 Å². The van der Waals surface area contributed by atoms with Crippen molar-refractivity contribution in [2.75, 3.05) is 21.1 Å². The number of carbonyl (C=O) groups excluding carboxylic acids is 2. The van der Waals surface area contributed by atoms with Crippen LogP contribution in [0.3, 0.4) is 0 Å². The summed E-state index contributed by atoms with van der Waals surface area (Å²) in [5.74, 6) is -0.403. The van der Waals surface area contributed by atoms with Gasteiger partial charge in [0.2, 0.25) is 12.1 Å². The Bertz CT molecular complexity index is 527. The van der Waals surface area contributed by atoms with Gasteiger partial charge in [-0.15, -0.1) is 0 Å². The van der Waals surface area contributed by atoms with Crippen molar-refractivity contribution < 1.29 is 31.3 Å². The van der Waals surface area contributed by atoms with Gasteiger partial charge in [0.1, 0.15) is 0 Å². The lowest BCUT2D eigenvalue weighted by molar-refractivity contribution is -0.888. The smallest absolute Gasteiger partial charge is 0.418 e. The van der Waals surface area contributed by atoms with Crippen LogP contribution in [0.4, 0.5) is 17.3 Å². The fourth-order valence-electron chi connectivity index (χ4n) is 1.69. The molecule has 5 nitrogen and oxygen atoms in total. The third-order valence-electron chi connectivity index (χ3n) is 2.67. The Morgan fingerprint density at radius 3 is 1.92 bits per heavy atom. The Hall–Kier alpha value is -2.10. The van der Waals surface area contributed by atoms with Crippen LogP contribution in [0.5, 0.6) is 0 Å². The number of nitrogens with zero attached hydrogens (tertiary/aromatic N) is 1. The van der Waals surface area contributed by atoms with Crippen molar-refractivity contribution in [1.82, 2.24) is 10.6 Å². The van der Waals surface area contributed by atoms with Gasteiger partial charge in [0, 0.05) is 13.5 Å². The molecule has 0 fully saturated rings. The molecule has 0 saturated heterocycles. The van der Waals surface area contributed by atoms with Gasteiger partial charge in [-0.3, -0.25) is 14.9 Å². The zero-order valence-corrected chi connectivity index (χ0v) is 14.0. The number of likely N-dealkylation sites (N-methyl/N-ethyl adjacent to an activating group) is 1. The summed E-state index contributed by atoms with van der Waals surface area (Å²) in [6.45, 7) is 1.86. The third kappa shape index (κ3) is 11.5. The van der Waals surface area contributed by atoms with E-state index in [1.165, 1.54) is 6.92 Å². The maximum Gasteiger partial charge on any atom is 0.673 e. The van der Waals surface area contributed by atoms with Crippen LogP contribution in [0.1, 0.15) is 12.5 Å². The van der Waals surface area contributed by atoms with Gasteiger partial charge in [-0.05, 0) is 5.56 Å². The molecule has 136 valence electrons. The van der Waals surface area contributed by atoms with Crippen LogP contribution in [0.2, 0.25) is 0 Å². The maximum absolute atomic E-state index is 12.2. The topological polar surface area (TPSA) is 58.2 Å². The fourth-order valence-corrected chi connectivity index (χ4v) is 1.69. The van der Waals surface area contributed by atoms with E-state index < -0.39 is 13.4 Å². The quantitative estimate of drug-likeness (QED) is 0.368. The normalized spacial score (nSPS) is 12.5. The van der Waals surface area contributed by atoms with E-state index in [9.17, 15) is 26.9 Å². The second-order valence-electron chi connectivity index (χ2n) is 5.92. The molecule has 0 radical (unpaired) electrons. The van der Waals surface area contributed by atoms with Crippen molar-refractivity contribution >= 4 is 19.1 Å². The van der Waals surface area contributed by atoms with Crippen LogP contribution in [0, 0.1) is 0 Å². The van der Waals surface area contributed by atoms with Gasteiger partial charge >= 0.3 is 13.2 Å². The van der Waals surface area contributed by atoms with Crippen molar-refractivity contribution in [2.45, 2.75) is 19.6 Å². The largest absolute Gasteiger partial charge is 0.673 e. The molecule has 0 aliphatic heterocycles.